The predicted molar refractivity (Wildman–Crippen MR) is 130 cm³/mol. The first-order valence-electron chi connectivity index (χ1n) is 11.1. The van der Waals surface area contributed by atoms with Crippen molar-refractivity contribution >= 4 is 32.9 Å². The molecule has 1 heterocycles. The van der Waals surface area contributed by atoms with Gasteiger partial charge in [0, 0.05) is 31.7 Å². The zero-order chi connectivity index (χ0) is 24.0. The molecule has 178 valence electrons. The summed E-state index contributed by atoms with van der Waals surface area (Å²) in [6.45, 7) is 3.27. The van der Waals surface area contributed by atoms with Crippen LogP contribution in [0, 0.1) is 0 Å². The minimum absolute atomic E-state index is 0.218. The number of para-hydroxylation sites is 1. The van der Waals surface area contributed by atoms with E-state index in [9.17, 15) is 13.2 Å². The van der Waals surface area contributed by atoms with E-state index in [1.165, 1.54) is 10.5 Å². The first-order valence-corrected chi connectivity index (χ1v) is 12.6. The summed E-state index contributed by atoms with van der Waals surface area (Å²) >= 11 is 0. The van der Waals surface area contributed by atoms with E-state index in [1.54, 1.807) is 17.0 Å². The Morgan fingerprint density at radius 3 is 2.44 bits per heavy atom. The first kappa shape index (κ1) is 23.7. The highest BCUT2D eigenvalue weighted by molar-refractivity contribution is 7.89. The number of hydrogen-bond donors (Lipinski definition) is 0. The Bertz CT molecular complexity index is 1280. The standard InChI is InChI=1S/C25H27N3O5S/c1-2-32-24-10-6-5-9-22(24)18-26-33-19-25(29)27-13-15-28(16-14-27)34(30,31)23-12-11-20-7-3-4-8-21(20)17-23/h3-12,17-18H,2,13-16,19H2,1H3/b26-18-. The van der Waals surface area contributed by atoms with Crippen LogP contribution in [0.2, 0.25) is 0 Å². The predicted octanol–water partition coefficient (Wildman–Crippen LogP) is 3.12. The van der Waals surface area contributed by atoms with Crippen LogP contribution in [0.3, 0.4) is 0 Å². The smallest absolute Gasteiger partial charge is 0.263 e. The van der Waals surface area contributed by atoms with Gasteiger partial charge in [0.25, 0.3) is 5.91 Å². The number of fused-ring (bicyclic) bond motifs is 1. The Labute approximate surface area is 199 Å². The van der Waals surface area contributed by atoms with Crippen LogP contribution in [0.4, 0.5) is 0 Å². The number of ether oxygens (including phenoxy) is 1. The minimum atomic E-state index is -3.63. The second-order valence-electron chi connectivity index (χ2n) is 7.77. The van der Waals surface area contributed by atoms with Gasteiger partial charge in [-0.25, -0.2) is 8.42 Å². The lowest BCUT2D eigenvalue weighted by Crippen LogP contribution is -2.51. The van der Waals surface area contributed by atoms with E-state index in [1.807, 2.05) is 61.5 Å². The summed E-state index contributed by atoms with van der Waals surface area (Å²) in [5.41, 5.74) is 0.754. The van der Waals surface area contributed by atoms with Gasteiger partial charge in [0.05, 0.1) is 17.7 Å². The van der Waals surface area contributed by atoms with Crippen molar-refractivity contribution in [1.29, 1.82) is 0 Å². The maximum atomic E-state index is 13.1. The highest BCUT2D eigenvalue weighted by Gasteiger charge is 2.30. The second-order valence-corrected chi connectivity index (χ2v) is 9.71. The Morgan fingerprint density at radius 1 is 0.971 bits per heavy atom. The van der Waals surface area contributed by atoms with Crippen molar-refractivity contribution in [3.63, 3.8) is 0 Å². The zero-order valence-electron chi connectivity index (χ0n) is 19.0. The summed E-state index contributed by atoms with van der Waals surface area (Å²) in [6, 6.07) is 20.2. The Balaban J connectivity index is 1.30. The Hall–Kier alpha value is -3.43. The number of carbonyl (C=O) groups is 1. The lowest BCUT2D eigenvalue weighted by atomic mass is 10.1. The van der Waals surface area contributed by atoms with Gasteiger partial charge in [0.2, 0.25) is 10.0 Å². The van der Waals surface area contributed by atoms with E-state index in [0.29, 0.717) is 25.4 Å². The highest BCUT2D eigenvalue weighted by atomic mass is 32.2. The number of oxime groups is 1. The lowest BCUT2D eigenvalue weighted by molar-refractivity contribution is -0.137. The van der Waals surface area contributed by atoms with Gasteiger partial charge < -0.3 is 14.5 Å². The number of benzene rings is 3. The molecule has 1 aliphatic heterocycles. The van der Waals surface area contributed by atoms with Crippen molar-refractivity contribution < 1.29 is 22.8 Å². The summed E-state index contributed by atoms with van der Waals surface area (Å²) < 4.78 is 33.1. The van der Waals surface area contributed by atoms with Gasteiger partial charge in [-0.3, -0.25) is 4.79 Å². The van der Waals surface area contributed by atoms with Crippen molar-refractivity contribution in [3.05, 3.63) is 72.3 Å². The molecule has 1 saturated heterocycles. The number of piperazine rings is 1. The van der Waals surface area contributed by atoms with Gasteiger partial charge in [-0.05, 0) is 42.0 Å². The SMILES string of the molecule is CCOc1ccccc1/C=N\OCC(=O)N1CCN(S(=O)(=O)c2ccc3ccccc3c2)CC1. The Morgan fingerprint density at radius 2 is 1.68 bits per heavy atom. The second kappa shape index (κ2) is 10.7. The molecule has 0 bridgehead atoms. The molecule has 0 aromatic heterocycles. The summed E-state index contributed by atoms with van der Waals surface area (Å²) in [7, 11) is -3.63. The van der Waals surface area contributed by atoms with Gasteiger partial charge in [-0.15, -0.1) is 0 Å². The van der Waals surface area contributed by atoms with Crippen LogP contribution in [0.1, 0.15) is 12.5 Å². The van der Waals surface area contributed by atoms with E-state index in [0.717, 1.165) is 16.3 Å². The Kier molecular flexibility index (Phi) is 7.44. The largest absolute Gasteiger partial charge is 0.493 e. The molecule has 0 atom stereocenters. The number of carbonyl (C=O) groups excluding carboxylic acids is 1. The van der Waals surface area contributed by atoms with Crippen molar-refractivity contribution in [3.8, 4) is 5.75 Å². The third kappa shape index (κ3) is 5.37. The molecule has 4 rings (SSSR count). The van der Waals surface area contributed by atoms with Crippen LogP contribution in [0.15, 0.2) is 76.8 Å². The fourth-order valence-corrected chi connectivity index (χ4v) is 5.26. The molecule has 34 heavy (non-hydrogen) atoms. The molecule has 3 aromatic rings. The average molecular weight is 482 g/mol. The van der Waals surface area contributed by atoms with Gasteiger partial charge in [-0.1, -0.05) is 47.6 Å². The molecule has 3 aromatic carbocycles. The van der Waals surface area contributed by atoms with Crippen LogP contribution in [-0.2, 0) is 19.7 Å². The maximum Gasteiger partial charge on any atom is 0.263 e. The van der Waals surface area contributed by atoms with E-state index in [4.69, 9.17) is 9.57 Å². The fourth-order valence-electron chi connectivity index (χ4n) is 3.81. The molecule has 0 saturated carbocycles. The van der Waals surface area contributed by atoms with Crippen LogP contribution in [0.25, 0.3) is 10.8 Å². The molecule has 1 amide bonds. The van der Waals surface area contributed by atoms with Crippen molar-refractivity contribution in [2.45, 2.75) is 11.8 Å². The van der Waals surface area contributed by atoms with Gasteiger partial charge in [0.1, 0.15) is 5.75 Å². The maximum absolute atomic E-state index is 13.1. The van der Waals surface area contributed by atoms with Gasteiger partial charge in [-0.2, -0.15) is 4.31 Å². The van der Waals surface area contributed by atoms with E-state index < -0.39 is 10.0 Å². The molecule has 0 N–H and O–H groups in total. The number of rotatable bonds is 8. The van der Waals surface area contributed by atoms with Gasteiger partial charge in [0.15, 0.2) is 6.61 Å². The summed E-state index contributed by atoms with van der Waals surface area (Å²) in [5, 5.41) is 5.74. The van der Waals surface area contributed by atoms with Crippen molar-refractivity contribution in [2.75, 3.05) is 39.4 Å². The average Bonchev–Trinajstić information content (AvgIpc) is 2.87. The van der Waals surface area contributed by atoms with Crippen LogP contribution >= 0.6 is 0 Å². The molecule has 1 fully saturated rings. The molecular weight excluding hydrogens is 454 g/mol. The molecular formula is C25H27N3O5S. The monoisotopic (exact) mass is 481 g/mol. The number of nitrogens with zero attached hydrogens (tertiary/aromatic N) is 3. The molecule has 0 aliphatic carbocycles. The number of amides is 1. The fraction of sp³-hybridized carbons (Fsp3) is 0.280. The molecule has 0 radical (unpaired) electrons. The van der Waals surface area contributed by atoms with Crippen LogP contribution in [0.5, 0.6) is 5.75 Å². The van der Waals surface area contributed by atoms with Crippen LogP contribution in [-0.4, -0.2) is 69.1 Å². The highest BCUT2D eigenvalue weighted by Crippen LogP contribution is 2.23. The normalized spacial score (nSPS) is 15.0. The van der Waals surface area contributed by atoms with Gasteiger partial charge >= 0.3 is 0 Å². The molecule has 8 nitrogen and oxygen atoms in total. The summed E-state index contributed by atoms with van der Waals surface area (Å²) in [4.78, 5) is 19.5. The molecule has 1 aliphatic rings. The third-order valence-corrected chi connectivity index (χ3v) is 7.52. The van der Waals surface area contributed by atoms with Crippen molar-refractivity contribution in [2.24, 2.45) is 5.16 Å². The van der Waals surface area contributed by atoms with E-state index >= 15 is 0 Å². The third-order valence-electron chi connectivity index (χ3n) is 5.62. The topological polar surface area (TPSA) is 88.5 Å². The molecule has 0 spiro atoms. The van der Waals surface area contributed by atoms with E-state index in [-0.39, 0.29) is 30.5 Å². The zero-order valence-corrected chi connectivity index (χ0v) is 19.8. The van der Waals surface area contributed by atoms with E-state index in [2.05, 4.69) is 5.16 Å². The molecule has 9 heteroatoms. The van der Waals surface area contributed by atoms with Crippen LogP contribution < -0.4 is 4.74 Å². The van der Waals surface area contributed by atoms with Crippen molar-refractivity contribution in [1.82, 2.24) is 9.21 Å². The number of sulfonamides is 1. The quantitative estimate of drug-likeness (QED) is 0.364. The first-order chi connectivity index (χ1) is 16.5. The minimum Gasteiger partial charge on any atom is -0.493 e. The number of hydrogen-bond acceptors (Lipinski definition) is 6. The summed E-state index contributed by atoms with van der Waals surface area (Å²) in [5.74, 6) is 0.449. The summed E-state index contributed by atoms with van der Waals surface area (Å²) in [6.07, 6.45) is 1.51. The lowest BCUT2D eigenvalue weighted by Gasteiger charge is -2.33. The molecule has 0 unspecified atom stereocenters.